The Bertz CT molecular complexity index is 1250. The average molecular weight is 538 g/mol. The number of nitrogens with zero attached hydrogens (tertiary/aromatic N) is 4. The number of hydrogen-bond acceptors (Lipinski definition) is 8. The van der Waals surface area contributed by atoms with E-state index in [0.29, 0.717) is 13.2 Å². The average Bonchev–Trinajstić information content (AvgIpc) is 2.85. The quantitative estimate of drug-likeness (QED) is 0.369. The number of ether oxygens (including phenoxy) is 2. The molecule has 1 aliphatic rings. The van der Waals surface area contributed by atoms with Crippen LogP contribution in [0.3, 0.4) is 0 Å². The highest BCUT2D eigenvalue weighted by Crippen LogP contribution is 2.42. The zero-order valence-corrected chi connectivity index (χ0v) is 25.0. The van der Waals surface area contributed by atoms with E-state index >= 15 is 0 Å². The molecule has 0 amide bonds. The Morgan fingerprint density at radius 3 is 2.37 bits per heavy atom. The van der Waals surface area contributed by atoms with Crippen LogP contribution in [0.25, 0.3) is 22.2 Å². The number of benzene rings is 2. The first kappa shape index (κ1) is 28.1. The molecule has 1 aromatic heterocycles. The molecule has 0 spiro atoms. The summed E-state index contributed by atoms with van der Waals surface area (Å²) in [6.07, 6.45) is 0. The number of nitrogen functional groups attached to an aromatic ring is 1. The van der Waals surface area contributed by atoms with Crippen LogP contribution in [0.1, 0.15) is 27.7 Å². The fourth-order valence-corrected chi connectivity index (χ4v) is 5.25. The van der Waals surface area contributed by atoms with Gasteiger partial charge in [-0.3, -0.25) is 4.90 Å². The Morgan fingerprint density at radius 2 is 1.68 bits per heavy atom. The number of aromatic nitrogens is 2. The van der Waals surface area contributed by atoms with Crippen molar-refractivity contribution in [2.45, 2.75) is 45.8 Å². The predicted molar refractivity (Wildman–Crippen MR) is 158 cm³/mol. The Hall–Kier alpha value is -2.88. The Labute approximate surface area is 228 Å². The van der Waals surface area contributed by atoms with Crippen molar-refractivity contribution in [2.75, 3.05) is 58.7 Å². The second-order valence-electron chi connectivity index (χ2n) is 11.6. The summed E-state index contributed by atoms with van der Waals surface area (Å²) in [6, 6.07) is 11.9. The Balaban J connectivity index is 1.64. The van der Waals surface area contributed by atoms with Gasteiger partial charge in [-0.05, 0) is 68.5 Å². The number of nitrogens with two attached hydrogens (primary N) is 1. The van der Waals surface area contributed by atoms with E-state index in [-0.39, 0.29) is 11.0 Å². The molecule has 9 heteroatoms. The Kier molecular flexibility index (Phi) is 8.49. The van der Waals surface area contributed by atoms with Gasteiger partial charge in [0.1, 0.15) is 18.1 Å². The maximum atomic E-state index is 6.70. The largest absolute Gasteiger partial charge is 0.541 e. The lowest BCUT2D eigenvalue weighted by Crippen LogP contribution is -2.45. The molecular weight excluding hydrogens is 494 g/mol. The topological polar surface area (TPSA) is 86.0 Å². The van der Waals surface area contributed by atoms with Gasteiger partial charge in [0.15, 0.2) is 5.75 Å². The molecule has 2 N–H and O–H groups in total. The SMILES string of the molecule is CCOc1ccc(-c2nc(N)nc3ccc(OCCN4CCN(C)CC4)cc23)cc1O[Si](C)(C)C(C)(C)C. The highest BCUT2D eigenvalue weighted by Gasteiger charge is 2.39. The van der Waals surface area contributed by atoms with Crippen LogP contribution in [-0.4, -0.2) is 81.1 Å². The fraction of sp³-hybridized carbons (Fsp3) is 0.517. The molecular formula is C29H43N5O3Si. The number of anilines is 1. The summed E-state index contributed by atoms with van der Waals surface area (Å²) in [5, 5.41) is 0.938. The number of piperazine rings is 1. The third-order valence-corrected chi connectivity index (χ3v) is 12.0. The molecule has 0 atom stereocenters. The number of hydrogen-bond donors (Lipinski definition) is 1. The molecule has 4 rings (SSSR count). The van der Waals surface area contributed by atoms with E-state index in [2.05, 4.69) is 60.7 Å². The van der Waals surface area contributed by atoms with Gasteiger partial charge in [0.2, 0.25) is 5.95 Å². The maximum Gasteiger partial charge on any atom is 0.250 e. The van der Waals surface area contributed by atoms with Gasteiger partial charge in [-0.25, -0.2) is 9.97 Å². The summed E-state index contributed by atoms with van der Waals surface area (Å²) in [5.74, 6) is 2.50. The van der Waals surface area contributed by atoms with E-state index in [9.17, 15) is 0 Å². The van der Waals surface area contributed by atoms with Crippen molar-refractivity contribution in [1.82, 2.24) is 19.8 Å². The van der Waals surface area contributed by atoms with Crippen LogP contribution >= 0.6 is 0 Å². The van der Waals surface area contributed by atoms with Crippen molar-refractivity contribution in [1.29, 1.82) is 0 Å². The normalized spacial score (nSPS) is 15.6. The van der Waals surface area contributed by atoms with Crippen LogP contribution in [0.5, 0.6) is 17.2 Å². The third-order valence-electron chi connectivity index (χ3n) is 7.64. The third kappa shape index (κ3) is 6.57. The standard InChI is InChI=1S/C29H43N5O3Si/c1-8-35-25-12-9-21(19-26(25)37-38(6,7)29(2,3)4)27-23-20-22(10-11-24(23)31-28(30)32-27)36-18-17-34-15-13-33(5)14-16-34/h9-12,19-20H,8,13-18H2,1-7H3,(H2,30,31,32). The summed E-state index contributed by atoms with van der Waals surface area (Å²) in [6.45, 7) is 19.6. The molecule has 1 fully saturated rings. The molecule has 2 heterocycles. The van der Waals surface area contributed by atoms with E-state index < -0.39 is 8.32 Å². The summed E-state index contributed by atoms with van der Waals surface area (Å²) in [4.78, 5) is 13.9. The van der Waals surface area contributed by atoms with Crippen molar-refractivity contribution in [3.05, 3.63) is 36.4 Å². The summed E-state index contributed by atoms with van der Waals surface area (Å²) in [7, 11) is 0.0679. The van der Waals surface area contributed by atoms with E-state index in [0.717, 1.165) is 72.1 Å². The monoisotopic (exact) mass is 537 g/mol. The molecule has 1 saturated heterocycles. The Morgan fingerprint density at radius 1 is 0.947 bits per heavy atom. The van der Waals surface area contributed by atoms with Gasteiger partial charge in [0.25, 0.3) is 8.32 Å². The first-order chi connectivity index (χ1) is 18.0. The molecule has 0 unspecified atom stereocenters. The van der Waals surface area contributed by atoms with Crippen LogP contribution < -0.4 is 19.6 Å². The van der Waals surface area contributed by atoms with Crippen molar-refractivity contribution >= 4 is 25.2 Å². The lowest BCUT2D eigenvalue weighted by atomic mass is 10.1. The van der Waals surface area contributed by atoms with Crippen LogP contribution in [0.15, 0.2) is 36.4 Å². The van der Waals surface area contributed by atoms with E-state index in [1.165, 1.54) is 0 Å². The molecule has 0 radical (unpaired) electrons. The van der Waals surface area contributed by atoms with Gasteiger partial charge in [0, 0.05) is 43.7 Å². The molecule has 38 heavy (non-hydrogen) atoms. The van der Waals surface area contributed by atoms with Crippen LogP contribution in [0.2, 0.25) is 18.1 Å². The van der Waals surface area contributed by atoms with Gasteiger partial charge in [-0.1, -0.05) is 20.8 Å². The first-order valence-corrected chi connectivity index (χ1v) is 16.4. The molecule has 0 saturated carbocycles. The van der Waals surface area contributed by atoms with Crippen LogP contribution in [0, 0.1) is 0 Å². The van der Waals surface area contributed by atoms with E-state index in [1.807, 2.05) is 43.3 Å². The van der Waals surface area contributed by atoms with Gasteiger partial charge in [-0.2, -0.15) is 0 Å². The minimum Gasteiger partial charge on any atom is -0.541 e. The lowest BCUT2D eigenvalue weighted by molar-refractivity contribution is 0.134. The highest BCUT2D eigenvalue weighted by atomic mass is 28.4. The van der Waals surface area contributed by atoms with Crippen molar-refractivity contribution < 1.29 is 13.9 Å². The first-order valence-electron chi connectivity index (χ1n) is 13.5. The number of rotatable bonds is 9. The highest BCUT2D eigenvalue weighted by molar-refractivity contribution is 6.74. The van der Waals surface area contributed by atoms with Crippen molar-refractivity contribution in [2.24, 2.45) is 0 Å². The van der Waals surface area contributed by atoms with Crippen molar-refractivity contribution in [3.8, 4) is 28.5 Å². The van der Waals surface area contributed by atoms with Crippen LogP contribution in [0.4, 0.5) is 5.95 Å². The summed E-state index contributed by atoms with van der Waals surface area (Å²) >= 11 is 0. The molecule has 1 aliphatic heterocycles. The minimum atomic E-state index is -2.10. The second kappa shape index (κ2) is 11.5. The number of likely N-dealkylation sites (N-methyl/N-ethyl adjacent to an activating group) is 1. The second-order valence-corrected chi connectivity index (χ2v) is 16.3. The molecule has 8 nitrogen and oxygen atoms in total. The molecule has 0 aliphatic carbocycles. The zero-order valence-electron chi connectivity index (χ0n) is 24.0. The van der Waals surface area contributed by atoms with Gasteiger partial charge < -0.3 is 24.5 Å². The maximum absolute atomic E-state index is 6.70. The van der Waals surface area contributed by atoms with Gasteiger partial charge in [-0.15, -0.1) is 0 Å². The van der Waals surface area contributed by atoms with E-state index in [4.69, 9.17) is 19.6 Å². The molecule has 2 aromatic carbocycles. The van der Waals surface area contributed by atoms with Gasteiger partial charge >= 0.3 is 0 Å². The predicted octanol–water partition coefficient (Wildman–Crippen LogP) is 5.29. The summed E-state index contributed by atoms with van der Waals surface area (Å²) < 4.78 is 18.8. The minimum absolute atomic E-state index is 0.0505. The number of fused-ring (bicyclic) bond motifs is 1. The van der Waals surface area contributed by atoms with E-state index in [1.54, 1.807) is 0 Å². The summed E-state index contributed by atoms with van der Waals surface area (Å²) in [5.41, 5.74) is 8.56. The van der Waals surface area contributed by atoms with Crippen LogP contribution in [-0.2, 0) is 0 Å². The smallest absolute Gasteiger partial charge is 0.250 e. The zero-order chi connectivity index (χ0) is 27.5. The van der Waals surface area contributed by atoms with Gasteiger partial charge in [0.05, 0.1) is 17.8 Å². The molecule has 206 valence electrons. The molecule has 0 bridgehead atoms. The lowest BCUT2D eigenvalue weighted by Gasteiger charge is -2.37. The van der Waals surface area contributed by atoms with Crippen molar-refractivity contribution in [3.63, 3.8) is 0 Å². The fourth-order valence-electron chi connectivity index (χ4n) is 4.24. The molecule has 3 aromatic rings.